The number of aliphatic hydroxyl groups is 1. The van der Waals surface area contributed by atoms with Crippen LogP contribution in [0.1, 0.15) is 87.5 Å². The molecule has 0 heterocycles. The molecule has 0 spiro atoms. The minimum atomic E-state index is -0.353. The van der Waals surface area contributed by atoms with Crippen LogP contribution >= 0.6 is 0 Å². The maximum absolute atomic E-state index is 9.49. The van der Waals surface area contributed by atoms with Gasteiger partial charge < -0.3 is 10.8 Å². The second-order valence-corrected chi connectivity index (χ2v) is 9.41. The first-order valence-corrected chi connectivity index (χ1v) is 12.6. The van der Waals surface area contributed by atoms with Crippen molar-refractivity contribution in [1.29, 1.82) is 15.8 Å². The monoisotopic (exact) mass is 501 g/mol. The first-order chi connectivity index (χ1) is 18.5. The fraction of sp³-hybridized carbons (Fsp3) is 0.300. The van der Waals surface area contributed by atoms with E-state index in [1.165, 1.54) is 0 Å². The summed E-state index contributed by atoms with van der Waals surface area (Å²) in [5, 5.41) is 39.6. The minimum absolute atomic E-state index is 0.0803. The summed E-state index contributed by atoms with van der Waals surface area (Å²) < 4.78 is 0. The first kappa shape index (κ1) is 26.4. The zero-order valence-corrected chi connectivity index (χ0v) is 20.9. The molecule has 188 valence electrons. The van der Waals surface area contributed by atoms with Gasteiger partial charge >= 0.3 is 0 Å². The second-order valence-electron chi connectivity index (χ2n) is 9.41. The molecule has 0 aliphatic heterocycles. The topological polar surface area (TPSA) is 166 Å². The van der Waals surface area contributed by atoms with E-state index in [0.717, 1.165) is 77.5 Å². The Morgan fingerprint density at radius 1 is 0.737 bits per heavy atom. The number of nitriles is 3. The smallest absolute Gasteiger partial charge is 0.0994 e. The highest BCUT2D eigenvalue weighted by Crippen LogP contribution is 2.36. The molecule has 0 saturated heterocycles. The fourth-order valence-corrected chi connectivity index (χ4v) is 5.45. The van der Waals surface area contributed by atoms with Crippen LogP contribution in [-0.4, -0.2) is 5.11 Å². The maximum atomic E-state index is 9.49. The number of aliphatic hydroxyl groups excluding tert-OH is 1. The third-order valence-corrected chi connectivity index (χ3v) is 7.35. The normalized spacial score (nSPS) is 19.4. The van der Waals surface area contributed by atoms with Crippen LogP contribution < -0.4 is 5.73 Å². The Morgan fingerprint density at radius 2 is 1.21 bits per heavy atom. The van der Waals surface area contributed by atoms with Gasteiger partial charge in [0.05, 0.1) is 47.0 Å². The zero-order valence-electron chi connectivity index (χ0n) is 20.9. The highest BCUT2D eigenvalue weighted by molar-refractivity contribution is 5.48. The molecular formula is C30H27N7O. The van der Waals surface area contributed by atoms with Crippen molar-refractivity contribution < 1.29 is 5.11 Å². The predicted molar refractivity (Wildman–Crippen MR) is 142 cm³/mol. The van der Waals surface area contributed by atoms with Crippen LogP contribution in [0, 0.1) is 34.0 Å². The summed E-state index contributed by atoms with van der Waals surface area (Å²) in [7, 11) is 0. The number of hydrogen-bond donors (Lipinski definition) is 2. The van der Waals surface area contributed by atoms with Crippen molar-refractivity contribution >= 4 is 0 Å². The van der Waals surface area contributed by atoms with Gasteiger partial charge in [0.2, 0.25) is 0 Å². The molecule has 0 bridgehead atoms. The van der Waals surface area contributed by atoms with Crippen molar-refractivity contribution in [1.82, 2.24) is 0 Å². The molecule has 6 rings (SSSR count). The van der Waals surface area contributed by atoms with Gasteiger partial charge in [-0.3, -0.25) is 0 Å². The Hall–Kier alpha value is -4.64. The van der Waals surface area contributed by atoms with Crippen LogP contribution in [0.4, 0.5) is 0 Å². The maximum Gasteiger partial charge on any atom is 0.0994 e. The van der Waals surface area contributed by atoms with Crippen LogP contribution in [0.5, 0.6) is 0 Å². The largest absolute Gasteiger partial charge is 0.388 e. The summed E-state index contributed by atoms with van der Waals surface area (Å²) in [6.07, 6.45) is 4.83. The average Bonchev–Trinajstić information content (AvgIpc) is 3.67. The van der Waals surface area contributed by atoms with Gasteiger partial charge in [-0.05, 0) is 95.6 Å². The van der Waals surface area contributed by atoms with Gasteiger partial charge in [0, 0.05) is 11.0 Å². The number of rotatable bonds is 1. The Morgan fingerprint density at radius 3 is 1.79 bits per heavy atom. The van der Waals surface area contributed by atoms with Gasteiger partial charge in [-0.2, -0.15) is 15.8 Å². The van der Waals surface area contributed by atoms with E-state index in [0.29, 0.717) is 11.1 Å². The molecular weight excluding hydrogens is 474 g/mol. The van der Waals surface area contributed by atoms with Gasteiger partial charge in [-0.15, -0.1) is 0 Å². The number of fused-ring (bicyclic) bond motifs is 3. The predicted octanol–water partition coefficient (Wildman–Crippen LogP) is 5.90. The molecule has 3 aromatic rings. The minimum Gasteiger partial charge on any atom is -0.388 e. The average molecular weight is 502 g/mol. The van der Waals surface area contributed by atoms with Crippen molar-refractivity contribution in [2.24, 2.45) is 10.8 Å². The van der Waals surface area contributed by atoms with Crippen LogP contribution in [0.25, 0.3) is 10.4 Å². The summed E-state index contributed by atoms with van der Waals surface area (Å²) in [6, 6.07) is 23.4. The molecule has 0 radical (unpaired) electrons. The molecule has 8 heteroatoms. The highest BCUT2D eigenvalue weighted by Gasteiger charge is 2.24. The summed E-state index contributed by atoms with van der Waals surface area (Å²) in [5.74, 6) is 0. The van der Waals surface area contributed by atoms with E-state index in [1.54, 1.807) is 12.1 Å². The SMILES string of the molecule is N#Cc1cccc2c1CC[C@@H]2N.N#Cc1cccc2c1CC[C@@H]2N=[N+]=[N-].N#Cc1cccc2c1CC[C@H]2O. The third kappa shape index (κ3) is 5.37. The molecule has 3 aliphatic carbocycles. The standard InChI is InChI=1S/C10H8N4.C10H10N2.C10H9NO/c11-6-7-2-1-3-9-8(7)4-5-10(9)13-14-12;2*11-6-7-2-1-3-9-8(7)4-5-10(9)12/h1-3,10H,4-5H2;1-3,10H,4-5,12H2;1-3,10,12H,4-5H2/t3*10-/m001/s1. The number of hydrogen-bond acceptors (Lipinski definition) is 6. The van der Waals surface area contributed by atoms with Crippen LogP contribution in [0.3, 0.4) is 0 Å². The van der Waals surface area contributed by atoms with Crippen molar-refractivity contribution in [2.45, 2.75) is 56.7 Å². The molecule has 0 fully saturated rings. The Labute approximate surface area is 221 Å². The molecule has 8 nitrogen and oxygen atoms in total. The van der Waals surface area contributed by atoms with Crippen molar-refractivity contribution in [3.05, 3.63) is 115 Å². The molecule has 3 N–H and O–H groups in total. The molecule has 3 aromatic carbocycles. The number of benzene rings is 3. The van der Waals surface area contributed by atoms with E-state index in [1.807, 2.05) is 42.5 Å². The molecule has 3 atom stereocenters. The van der Waals surface area contributed by atoms with E-state index in [9.17, 15) is 5.11 Å². The van der Waals surface area contributed by atoms with Crippen molar-refractivity contribution in [3.63, 3.8) is 0 Å². The van der Waals surface area contributed by atoms with Crippen molar-refractivity contribution in [2.75, 3.05) is 0 Å². The zero-order chi connectivity index (χ0) is 27.1. The van der Waals surface area contributed by atoms with Crippen LogP contribution in [0.15, 0.2) is 59.7 Å². The van der Waals surface area contributed by atoms with E-state index in [2.05, 4.69) is 28.2 Å². The van der Waals surface area contributed by atoms with E-state index < -0.39 is 0 Å². The van der Waals surface area contributed by atoms with Crippen LogP contribution in [-0.2, 0) is 19.3 Å². The molecule has 0 saturated carbocycles. The van der Waals surface area contributed by atoms with E-state index in [4.69, 9.17) is 27.1 Å². The Balaban J connectivity index is 0.000000133. The van der Waals surface area contributed by atoms with Gasteiger partial charge in [0.15, 0.2) is 0 Å². The lowest BCUT2D eigenvalue weighted by Gasteiger charge is -2.03. The van der Waals surface area contributed by atoms with E-state index in [-0.39, 0.29) is 18.2 Å². The Bertz CT molecular complexity index is 1450. The number of nitrogens with zero attached hydrogens (tertiary/aromatic N) is 6. The second kappa shape index (κ2) is 12.1. The van der Waals surface area contributed by atoms with E-state index >= 15 is 0 Å². The fourth-order valence-electron chi connectivity index (χ4n) is 5.45. The van der Waals surface area contributed by atoms with Crippen molar-refractivity contribution in [3.8, 4) is 18.2 Å². The Kier molecular flexibility index (Phi) is 8.39. The van der Waals surface area contributed by atoms with Gasteiger partial charge in [0.25, 0.3) is 0 Å². The molecule has 0 unspecified atom stereocenters. The van der Waals surface area contributed by atoms with Gasteiger partial charge in [-0.25, -0.2) is 0 Å². The lowest BCUT2D eigenvalue weighted by molar-refractivity contribution is 0.180. The lowest BCUT2D eigenvalue weighted by atomic mass is 10.0. The summed E-state index contributed by atoms with van der Waals surface area (Å²) in [4.78, 5) is 2.81. The summed E-state index contributed by atoms with van der Waals surface area (Å²) >= 11 is 0. The quantitative estimate of drug-likeness (QED) is 0.240. The third-order valence-electron chi connectivity index (χ3n) is 7.35. The lowest BCUT2D eigenvalue weighted by Crippen LogP contribution is -2.04. The molecule has 38 heavy (non-hydrogen) atoms. The van der Waals surface area contributed by atoms with Crippen LogP contribution in [0.2, 0.25) is 0 Å². The number of azide groups is 1. The molecule has 0 amide bonds. The molecule has 3 aliphatic rings. The van der Waals surface area contributed by atoms with Gasteiger partial charge in [0.1, 0.15) is 0 Å². The molecule has 0 aromatic heterocycles. The van der Waals surface area contributed by atoms with Gasteiger partial charge in [-0.1, -0.05) is 41.5 Å². The summed E-state index contributed by atoms with van der Waals surface area (Å²) in [6.45, 7) is 0. The summed E-state index contributed by atoms with van der Waals surface area (Å²) in [5.41, 5.74) is 22.8. The highest BCUT2D eigenvalue weighted by atomic mass is 16.3. The first-order valence-electron chi connectivity index (χ1n) is 12.6. The number of nitrogens with two attached hydrogens (primary N) is 1.